The summed E-state index contributed by atoms with van der Waals surface area (Å²) in [6, 6.07) is 70.2. The van der Waals surface area contributed by atoms with Crippen molar-refractivity contribution in [3.8, 4) is 27.9 Å². The van der Waals surface area contributed by atoms with E-state index >= 15 is 0 Å². The predicted octanol–water partition coefficient (Wildman–Crippen LogP) is 12.0. The molecule has 0 spiro atoms. The van der Waals surface area contributed by atoms with Crippen molar-refractivity contribution >= 4 is 55.3 Å². The van der Waals surface area contributed by atoms with Gasteiger partial charge in [-0.05, 0) is 76.9 Å². The molecule has 0 unspecified atom stereocenters. The molecule has 10 rings (SSSR count). The van der Waals surface area contributed by atoms with Crippen molar-refractivity contribution < 1.29 is 0 Å². The summed E-state index contributed by atoms with van der Waals surface area (Å²) in [6.45, 7) is 0.366. The molecule has 266 valence electrons. The van der Waals surface area contributed by atoms with E-state index < -0.39 is 0 Å². The van der Waals surface area contributed by atoms with E-state index in [2.05, 4.69) is 149 Å². The Kier molecular flexibility index (Phi) is 8.30. The predicted molar refractivity (Wildman–Crippen MR) is 235 cm³/mol. The minimum atomic E-state index is 0.366. The highest BCUT2D eigenvalue weighted by Gasteiger charge is 2.16. The highest BCUT2D eigenvalue weighted by atomic mass is 15.1. The topological polar surface area (TPSA) is 60.6 Å². The lowest BCUT2D eigenvalue weighted by atomic mass is 9.99. The van der Waals surface area contributed by atoms with E-state index in [0.29, 0.717) is 18.3 Å². The van der Waals surface area contributed by atoms with E-state index in [0.717, 1.165) is 33.4 Å². The molecule has 2 aromatic heterocycles. The largest absolute Gasteiger partial charge is 0.383 e. The van der Waals surface area contributed by atoms with Crippen molar-refractivity contribution in [1.29, 1.82) is 0 Å². The van der Waals surface area contributed by atoms with Crippen LogP contribution in [0.3, 0.4) is 0 Å². The second-order valence-corrected chi connectivity index (χ2v) is 14.0. The third kappa shape index (κ3) is 5.92. The highest BCUT2D eigenvalue weighted by molar-refractivity contribution is 6.13. The third-order valence-electron chi connectivity index (χ3n) is 10.7. The van der Waals surface area contributed by atoms with Crippen LogP contribution in [-0.4, -0.2) is 20.8 Å². The van der Waals surface area contributed by atoms with E-state index in [4.69, 9.17) is 15.7 Å². The second kappa shape index (κ2) is 14.0. The van der Waals surface area contributed by atoms with Crippen LogP contribution in [0.25, 0.3) is 71.6 Å². The van der Waals surface area contributed by atoms with E-state index in [1.165, 1.54) is 49.3 Å². The Balaban J connectivity index is 1.13. The Hall–Kier alpha value is -7.50. The number of aromatic nitrogens is 2. The van der Waals surface area contributed by atoms with Gasteiger partial charge in [-0.1, -0.05) is 146 Å². The van der Waals surface area contributed by atoms with Crippen LogP contribution in [0.4, 0.5) is 0 Å². The van der Waals surface area contributed by atoms with Crippen LogP contribution in [0.2, 0.25) is 0 Å². The molecule has 0 aliphatic carbocycles. The maximum Gasteiger partial charge on any atom is 0.158 e. The molecule has 5 nitrogen and oxygen atoms in total. The zero-order valence-electron chi connectivity index (χ0n) is 30.6. The van der Waals surface area contributed by atoms with Gasteiger partial charge in [-0.25, -0.2) is 9.98 Å². The van der Waals surface area contributed by atoms with Crippen LogP contribution in [0, 0.1) is 0 Å². The number of fused-ring (bicyclic) bond motifs is 6. The summed E-state index contributed by atoms with van der Waals surface area (Å²) in [5.41, 5.74) is 18.8. The molecule has 8 aromatic carbocycles. The number of benzene rings is 8. The number of nitrogens with zero attached hydrogens (tertiary/aromatic N) is 4. The fourth-order valence-corrected chi connectivity index (χ4v) is 7.96. The number of nitrogens with two attached hydrogens (primary N) is 1. The summed E-state index contributed by atoms with van der Waals surface area (Å²) >= 11 is 0. The fraction of sp³-hybridized carbons (Fsp3) is 0.0196. The van der Waals surface area contributed by atoms with Gasteiger partial charge < -0.3 is 14.9 Å². The summed E-state index contributed by atoms with van der Waals surface area (Å²) in [5, 5.41) is 4.81. The number of hydrogen-bond acceptors (Lipinski definition) is 1. The number of hydrogen-bond donors (Lipinski definition) is 1. The molecule has 0 aliphatic rings. The van der Waals surface area contributed by atoms with Gasteiger partial charge in [-0.3, -0.25) is 0 Å². The van der Waals surface area contributed by atoms with Gasteiger partial charge >= 0.3 is 0 Å². The standard InChI is InChI=1S/C51H37N5/c52-50(36-17-7-2-8-18-36)54-51(37-19-9-3-10-20-37)53-34-55-46-28-25-38(35-15-5-1-6-16-35)31-44(46)45-33-39(26-29-47(45)55)40-27-30-49-43(32-40)42-23-13-14-24-48(42)56(49)41-21-11-4-12-22-41/h1-33H,34H2,(H2,52,53,54). The van der Waals surface area contributed by atoms with Crippen molar-refractivity contribution in [3.63, 3.8) is 0 Å². The van der Waals surface area contributed by atoms with Crippen molar-refractivity contribution in [2.45, 2.75) is 6.67 Å². The molecule has 0 saturated heterocycles. The van der Waals surface area contributed by atoms with Crippen molar-refractivity contribution in [2.75, 3.05) is 0 Å². The Morgan fingerprint density at radius 3 is 1.50 bits per heavy atom. The number of aliphatic imine (C=N–C) groups is 2. The van der Waals surface area contributed by atoms with Gasteiger partial charge in [0.2, 0.25) is 0 Å². The molecule has 10 aromatic rings. The first-order valence-electron chi connectivity index (χ1n) is 18.9. The van der Waals surface area contributed by atoms with Crippen LogP contribution in [0.5, 0.6) is 0 Å². The van der Waals surface area contributed by atoms with Crippen LogP contribution in [-0.2, 0) is 6.67 Å². The average molecular weight is 720 g/mol. The first-order valence-corrected chi connectivity index (χ1v) is 18.9. The Bertz CT molecular complexity index is 3080. The molecule has 0 saturated carbocycles. The third-order valence-corrected chi connectivity index (χ3v) is 10.7. The molecule has 0 amide bonds. The SMILES string of the molecule is N/C(=N\C(=N/Cn1c2ccc(-c3ccccc3)cc2c2cc(-c3ccc4c(c3)c3ccccc3n4-c3ccccc3)ccc21)c1ccccc1)c1ccccc1. The molecule has 0 atom stereocenters. The lowest BCUT2D eigenvalue weighted by Crippen LogP contribution is -2.16. The van der Waals surface area contributed by atoms with Gasteiger partial charge in [0, 0.05) is 38.4 Å². The minimum Gasteiger partial charge on any atom is -0.383 e. The molecule has 0 fully saturated rings. The minimum absolute atomic E-state index is 0.366. The molecule has 2 heterocycles. The van der Waals surface area contributed by atoms with Gasteiger partial charge in [0.15, 0.2) is 5.84 Å². The van der Waals surface area contributed by atoms with Gasteiger partial charge in [-0.15, -0.1) is 0 Å². The van der Waals surface area contributed by atoms with Gasteiger partial charge in [-0.2, -0.15) is 0 Å². The molecular weight excluding hydrogens is 683 g/mol. The molecule has 0 bridgehead atoms. The molecule has 0 radical (unpaired) electrons. The second-order valence-electron chi connectivity index (χ2n) is 14.0. The van der Waals surface area contributed by atoms with Crippen LogP contribution in [0.1, 0.15) is 11.1 Å². The van der Waals surface area contributed by atoms with Crippen molar-refractivity contribution in [1.82, 2.24) is 9.13 Å². The molecule has 56 heavy (non-hydrogen) atoms. The maximum atomic E-state index is 6.56. The first kappa shape index (κ1) is 33.1. The molecule has 0 aliphatic heterocycles. The van der Waals surface area contributed by atoms with Crippen LogP contribution < -0.4 is 5.73 Å². The Labute approximate surface area is 325 Å². The van der Waals surface area contributed by atoms with E-state index in [1.807, 2.05) is 60.7 Å². The average Bonchev–Trinajstić information content (AvgIpc) is 3.77. The van der Waals surface area contributed by atoms with E-state index in [9.17, 15) is 0 Å². The van der Waals surface area contributed by atoms with Crippen LogP contribution in [0.15, 0.2) is 210 Å². The summed E-state index contributed by atoms with van der Waals surface area (Å²) in [7, 11) is 0. The molecular formula is C51H37N5. The first-order chi connectivity index (χ1) is 27.7. The lowest BCUT2D eigenvalue weighted by Gasteiger charge is -2.09. The lowest BCUT2D eigenvalue weighted by molar-refractivity contribution is 0.791. The number of para-hydroxylation sites is 2. The summed E-state index contributed by atoms with van der Waals surface area (Å²) in [4.78, 5) is 10.0. The molecule has 5 heteroatoms. The monoisotopic (exact) mass is 719 g/mol. The van der Waals surface area contributed by atoms with Gasteiger partial charge in [0.05, 0.1) is 22.1 Å². The maximum absolute atomic E-state index is 6.56. The molecule has 2 N–H and O–H groups in total. The zero-order chi connectivity index (χ0) is 37.4. The Morgan fingerprint density at radius 1 is 0.411 bits per heavy atom. The normalized spacial score (nSPS) is 12.3. The fourth-order valence-electron chi connectivity index (χ4n) is 7.96. The summed E-state index contributed by atoms with van der Waals surface area (Å²) < 4.78 is 4.65. The zero-order valence-corrected chi connectivity index (χ0v) is 30.6. The van der Waals surface area contributed by atoms with Gasteiger partial charge in [0.25, 0.3) is 0 Å². The van der Waals surface area contributed by atoms with E-state index in [1.54, 1.807) is 0 Å². The quantitative estimate of drug-likeness (QED) is 0.129. The Morgan fingerprint density at radius 2 is 0.875 bits per heavy atom. The van der Waals surface area contributed by atoms with Crippen LogP contribution >= 0.6 is 0 Å². The number of rotatable bonds is 7. The van der Waals surface area contributed by atoms with Gasteiger partial charge in [0.1, 0.15) is 12.5 Å². The smallest absolute Gasteiger partial charge is 0.158 e. The number of amidine groups is 2. The van der Waals surface area contributed by atoms with Crippen molar-refractivity contribution in [3.05, 3.63) is 211 Å². The van der Waals surface area contributed by atoms with Crippen molar-refractivity contribution in [2.24, 2.45) is 15.7 Å². The summed E-state index contributed by atoms with van der Waals surface area (Å²) in [6.07, 6.45) is 0. The highest BCUT2D eigenvalue weighted by Crippen LogP contribution is 2.38. The summed E-state index contributed by atoms with van der Waals surface area (Å²) in [5.74, 6) is 1.01. The van der Waals surface area contributed by atoms with E-state index in [-0.39, 0.29) is 0 Å².